The van der Waals surface area contributed by atoms with Gasteiger partial charge in [0.05, 0.1) is 5.41 Å². The van der Waals surface area contributed by atoms with Gasteiger partial charge in [-0.15, -0.1) is 0 Å². The molecule has 0 saturated heterocycles. The molecule has 0 heterocycles. The Labute approximate surface area is 111 Å². The van der Waals surface area contributed by atoms with Crippen molar-refractivity contribution in [1.82, 2.24) is 5.32 Å². The maximum Gasteiger partial charge on any atom is 0.226 e. The average molecular weight is 299 g/mol. The zero-order valence-electron chi connectivity index (χ0n) is 10.3. The summed E-state index contributed by atoms with van der Waals surface area (Å²) in [4.78, 5) is 11.7. The van der Waals surface area contributed by atoms with Gasteiger partial charge in [0.1, 0.15) is 0 Å². The van der Waals surface area contributed by atoms with Crippen LogP contribution in [0.15, 0.2) is 28.7 Å². The van der Waals surface area contributed by atoms with Gasteiger partial charge in [0.25, 0.3) is 0 Å². The fourth-order valence-corrected chi connectivity index (χ4v) is 1.57. The molecule has 0 atom stereocenters. The van der Waals surface area contributed by atoms with Gasteiger partial charge in [-0.25, -0.2) is 0 Å². The molecule has 94 valence electrons. The van der Waals surface area contributed by atoms with Crippen LogP contribution in [-0.2, 0) is 11.2 Å². The van der Waals surface area contributed by atoms with Crippen LogP contribution in [-0.4, -0.2) is 19.0 Å². The summed E-state index contributed by atoms with van der Waals surface area (Å²) in [6, 6.07) is 8.09. The van der Waals surface area contributed by atoms with E-state index in [2.05, 4.69) is 21.2 Å². The summed E-state index contributed by atoms with van der Waals surface area (Å²) in [7, 11) is 0. The summed E-state index contributed by atoms with van der Waals surface area (Å²) >= 11 is 3.39. The first-order chi connectivity index (χ1) is 7.95. The largest absolute Gasteiger partial charge is 0.355 e. The predicted molar refractivity (Wildman–Crippen MR) is 73.7 cm³/mol. The summed E-state index contributed by atoms with van der Waals surface area (Å²) in [6.45, 7) is 4.70. The van der Waals surface area contributed by atoms with Crippen molar-refractivity contribution < 1.29 is 4.79 Å². The highest BCUT2D eigenvalue weighted by Gasteiger charge is 2.24. The van der Waals surface area contributed by atoms with Crippen LogP contribution in [0.1, 0.15) is 19.4 Å². The molecule has 0 aliphatic rings. The third kappa shape index (κ3) is 4.48. The number of hydrogen-bond donors (Lipinski definition) is 2. The third-order valence-electron chi connectivity index (χ3n) is 2.74. The van der Waals surface area contributed by atoms with Crippen molar-refractivity contribution in [3.05, 3.63) is 34.3 Å². The summed E-state index contributed by atoms with van der Waals surface area (Å²) in [5.74, 6) is 0.0112. The smallest absolute Gasteiger partial charge is 0.226 e. The highest BCUT2D eigenvalue weighted by atomic mass is 79.9. The molecule has 4 heteroatoms. The van der Waals surface area contributed by atoms with Crippen LogP contribution in [0.3, 0.4) is 0 Å². The van der Waals surface area contributed by atoms with E-state index in [9.17, 15) is 4.79 Å². The Bertz CT molecular complexity index is 374. The highest BCUT2D eigenvalue weighted by Crippen LogP contribution is 2.13. The standard InChI is InChI=1S/C13H19BrN2O/c1-13(2,9-15)12(17)16-8-7-10-3-5-11(14)6-4-10/h3-6H,7-9,15H2,1-2H3,(H,16,17). The minimum Gasteiger partial charge on any atom is -0.355 e. The van der Waals surface area contributed by atoms with Crippen molar-refractivity contribution in [3.63, 3.8) is 0 Å². The SMILES string of the molecule is CC(C)(CN)C(=O)NCCc1ccc(Br)cc1. The van der Waals surface area contributed by atoms with Gasteiger partial charge in [0.2, 0.25) is 5.91 Å². The molecule has 0 fully saturated rings. The van der Waals surface area contributed by atoms with E-state index >= 15 is 0 Å². The van der Waals surface area contributed by atoms with Gasteiger partial charge in [-0.1, -0.05) is 28.1 Å². The van der Waals surface area contributed by atoms with Gasteiger partial charge in [0, 0.05) is 17.6 Å². The molecule has 3 nitrogen and oxygen atoms in total. The lowest BCUT2D eigenvalue weighted by atomic mass is 9.92. The van der Waals surface area contributed by atoms with E-state index in [-0.39, 0.29) is 5.91 Å². The monoisotopic (exact) mass is 298 g/mol. The van der Waals surface area contributed by atoms with Crippen molar-refractivity contribution in [1.29, 1.82) is 0 Å². The quantitative estimate of drug-likeness (QED) is 0.875. The predicted octanol–water partition coefficient (Wildman–Crippen LogP) is 2.09. The Balaban J connectivity index is 2.38. The highest BCUT2D eigenvalue weighted by molar-refractivity contribution is 9.10. The lowest BCUT2D eigenvalue weighted by Crippen LogP contribution is -2.42. The number of benzene rings is 1. The molecule has 1 aromatic carbocycles. The molecular weight excluding hydrogens is 280 g/mol. The fraction of sp³-hybridized carbons (Fsp3) is 0.462. The van der Waals surface area contributed by atoms with E-state index in [4.69, 9.17) is 5.73 Å². The molecular formula is C13H19BrN2O. The number of hydrogen-bond acceptors (Lipinski definition) is 2. The molecule has 1 amide bonds. The lowest BCUT2D eigenvalue weighted by Gasteiger charge is -2.21. The van der Waals surface area contributed by atoms with E-state index < -0.39 is 5.41 Å². The topological polar surface area (TPSA) is 55.1 Å². The number of halogens is 1. The zero-order valence-corrected chi connectivity index (χ0v) is 11.9. The van der Waals surface area contributed by atoms with E-state index in [1.165, 1.54) is 5.56 Å². The van der Waals surface area contributed by atoms with Crippen LogP contribution < -0.4 is 11.1 Å². The Morgan fingerprint density at radius 1 is 1.35 bits per heavy atom. The Morgan fingerprint density at radius 3 is 2.47 bits per heavy atom. The maximum atomic E-state index is 11.7. The number of rotatable bonds is 5. The van der Waals surface area contributed by atoms with Gasteiger partial charge in [-0.05, 0) is 38.0 Å². The average Bonchev–Trinajstić information content (AvgIpc) is 2.31. The van der Waals surface area contributed by atoms with Gasteiger partial charge in [-0.2, -0.15) is 0 Å². The molecule has 1 aromatic rings. The Morgan fingerprint density at radius 2 is 1.94 bits per heavy atom. The van der Waals surface area contributed by atoms with Crippen LogP contribution in [0.2, 0.25) is 0 Å². The van der Waals surface area contributed by atoms with Crippen LogP contribution >= 0.6 is 15.9 Å². The number of carbonyl (C=O) groups is 1. The Kier molecular flexibility index (Phi) is 5.15. The molecule has 0 aliphatic carbocycles. The van der Waals surface area contributed by atoms with E-state index in [1.807, 2.05) is 38.1 Å². The summed E-state index contributed by atoms with van der Waals surface area (Å²) in [5, 5.41) is 2.91. The summed E-state index contributed by atoms with van der Waals surface area (Å²) in [6.07, 6.45) is 0.833. The first-order valence-electron chi connectivity index (χ1n) is 5.68. The summed E-state index contributed by atoms with van der Waals surface area (Å²) < 4.78 is 1.06. The van der Waals surface area contributed by atoms with E-state index in [0.717, 1.165) is 10.9 Å². The molecule has 0 unspecified atom stereocenters. The van der Waals surface area contributed by atoms with Gasteiger partial charge >= 0.3 is 0 Å². The molecule has 0 bridgehead atoms. The normalized spacial score (nSPS) is 11.3. The third-order valence-corrected chi connectivity index (χ3v) is 3.27. The van der Waals surface area contributed by atoms with E-state index in [1.54, 1.807) is 0 Å². The van der Waals surface area contributed by atoms with Crippen molar-refractivity contribution in [2.45, 2.75) is 20.3 Å². The first kappa shape index (κ1) is 14.2. The summed E-state index contributed by atoms with van der Waals surface area (Å²) in [5.41, 5.74) is 6.26. The molecule has 0 aliphatic heterocycles. The zero-order chi connectivity index (χ0) is 12.9. The molecule has 17 heavy (non-hydrogen) atoms. The number of nitrogens with one attached hydrogen (secondary N) is 1. The molecule has 0 spiro atoms. The fourth-order valence-electron chi connectivity index (χ4n) is 1.30. The molecule has 1 rings (SSSR count). The number of carbonyl (C=O) groups excluding carboxylic acids is 1. The minimum atomic E-state index is -0.486. The van der Waals surface area contributed by atoms with Gasteiger partial charge in [0.15, 0.2) is 0 Å². The number of nitrogens with two attached hydrogens (primary N) is 1. The molecule has 0 radical (unpaired) electrons. The van der Waals surface area contributed by atoms with Crippen LogP contribution in [0.4, 0.5) is 0 Å². The molecule has 0 aromatic heterocycles. The van der Waals surface area contributed by atoms with Crippen LogP contribution in [0.5, 0.6) is 0 Å². The minimum absolute atomic E-state index is 0.0112. The molecule has 0 saturated carbocycles. The second-order valence-electron chi connectivity index (χ2n) is 4.72. The van der Waals surface area contributed by atoms with Crippen LogP contribution in [0.25, 0.3) is 0 Å². The maximum absolute atomic E-state index is 11.7. The Hall–Kier alpha value is -0.870. The van der Waals surface area contributed by atoms with Crippen molar-refractivity contribution in [2.24, 2.45) is 11.1 Å². The number of amides is 1. The lowest BCUT2D eigenvalue weighted by molar-refractivity contribution is -0.128. The first-order valence-corrected chi connectivity index (χ1v) is 6.48. The van der Waals surface area contributed by atoms with Gasteiger partial charge < -0.3 is 11.1 Å². The van der Waals surface area contributed by atoms with Crippen LogP contribution in [0, 0.1) is 5.41 Å². The van der Waals surface area contributed by atoms with E-state index in [0.29, 0.717) is 13.1 Å². The second kappa shape index (κ2) is 6.17. The second-order valence-corrected chi connectivity index (χ2v) is 5.64. The van der Waals surface area contributed by atoms with Crippen molar-refractivity contribution >= 4 is 21.8 Å². The van der Waals surface area contributed by atoms with Crippen molar-refractivity contribution in [3.8, 4) is 0 Å². The van der Waals surface area contributed by atoms with Crippen molar-refractivity contribution in [2.75, 3.05) is 13.1 Å². The van der Waals surface area contributed by atoms with Gasteiger partial charge in [-0.3, -0.25) is 4.79 Å². The molecule has 3 N–H and O–H groups in total.